The van der Waals surface area contributed by atoms with Gasteiger partial charge in [-0.15, -0.1) is 0 Å². The molecular formula is C10H10F2O2. The molecule has 4 heteroatoms. The number of halogens is 2. The first-order chi connectivity index (χ1) is 6.34. The molecule has 0 saturated heterocycles. The van der Waals surface area contributed by atoms with E-state index in [0.29, 0.717) is 11.1 Å². The Bertz CT molecular complexity index is 352. The fourth-order valence-corrected chi connectivity index (χ4v) is 1.28. The van der Waals surface area contributed by atoms with E-state index in [4.69, 9.17) is 5.11 Å². The molecule has 0 saturated carbocycles. The Morgan fingerprint density at radius 3 is 2.00 bits per heavy atom. The second-order valence-electron chi connectivity index (χ2n) is 3.26. The Morgan fingerprint density at radius 2 is 1.64 bits per heavy atom. The predicted molar refractivity (Wildman–Crippen MR) is 47.4 cm³/mol. The van der Waals surface area contributed by atoms with Crippen molar-refractivity contribution in [1.82, 2.24) is 0 Å². The molecule has 0 atom stereocenters. The van der Waals surface area contributed by atoms with Crippen molar-refractivity contribution in [2.45, 2.75) is 19.8 Å². The van der Waals surface area contributed by atoms with E-state index in [-0.39, 0.29) is 0 Å². The second kappa shape index (κ2) is 3.36. The van der Waals surface area contributed by atoms with Crippen molar-refractivity contribution in [3.63, 3.8) is 0 Å². The largest absolute Gasteiger partial charge is 0.477 e. The van der Waals surface area contributed by atoms with Gasteiger partial charge in [-0.1, -0.05) is 17.2 Å². The fraction of sp³-hybridized carbons (Fsp3) is 0.300. The molecule has 2 nitrogen and oxygen atoms in total. The van der Waals surface area contributed by atoms with E-state index in [1.165, 1.54) is 12.1 Å². The first-order valence-electron chi connectivity index (χ1n) is 4.04. The molecule has 0 bridgehead atoms. The summed E-state index contributed by atoms with van der Waals surface area (Å²) in [7, 11) is 0. The highest BCUT2D eigenvalue weighted by molar-refractivity contribution is 5.77. The van der Waals surface area contributed by atoms with Crippen LogP contribution >= 0.6 is 0 Å². The number of hydrogen-bond acceptors (Lipinski definition) is 1. The van der Waals surface area contributed by atoms with E-state index in [0.717, 1.165) is 0 Å². The third kappa shape index (κ3) is 1.89. The minimum Gasteiger partial charge on any atom is -0.477 e. The van der Waals surface area contributed by atoms with E-state index in [2.05, 4.69) is 0 Å². The average Bonchev–Trinajstić information content (AvgIpc) is 2.01. The first kappa shape index (κ1) is 10.6. The van der Waals surface area contributed by atoms with Gasteiger partial charge in [0.1, 0.15) is 0 Å². The molecule has 0 fully saturated rings. The van der Waals surface area contributed by atoms with Gasteiger partial charge in [-0.05, 0) is 26.0 Å². The zero-order chi connectivity index (χ0) is 10.9. The summed E-state index contributed by atoms with van der Waals surface area (Å²) in [6.07, 6.45) is 0. The van der Waals surface area contributed by atoms with E-state index in [1.807, 2.05) is 0 Å². The topological polar surface area (TPSA) is 37.3 Å². The highest BCUT2D eigenvalue weighted by Crippen LogP contribution is 2.29. The van der Waals surface area contributed by atoms with Crippen LogP contribution < -0.4 is 0 Å². The lowest BCUT2D eigenvalue weighted by molar-refractivity contribution is -0.166. The van der Waals surface area contributed by atoms with Gasteiger partial charge in [0, 0.05) is 5.56 Å². The smallest absolute Gasteiger partial charge is 0.379 e. The molecule has 0 aliphatic carbocycles. The molecule has 1 rings (SSSR count). The van der Waals surface area contributed by atoms with Crippen molar-refractivity contribution in [2.24, 2.45) is 0 Å². The van der Waals surface area contributed by atoms with Gasteiger partial charge in [-0.2, -0.15) is 8.78 Å². The van der Waals surface area contributed by atoms with Crippen LogP contribution in [-0.2, 0) is 10.7 Å². The number of hydrogen-bond donors (Lipinski definition) is 1. The molecule has 0 unspecified atom stereocenters. The van der Waals surface area contributed by atoms with Gasteiger partial charge < -0.3 is 5.11 Å². The van der Waals surface area contributed by atoms with E-state index >= 15 is 0 Å². The molecule has 0 heterocycles. The maximum atomic E-state index is 13.0. The van der Waals surface area contributed by atoms with Crippen LogP contribution in [0.15, 0.2) is 18.2 Å². The Balaban J connectivity index is 3.25. The van der Waals surface area contributed by atoms with Gasteiger partial charge in [0.2, 0.25) is 0 Å². The first-order valence-corrected chi connectivity index (χ1v) is 4.04. The number of carbonyl (C=O) groups is 1. The van der Waals surface area contributed by atoms with Crippen molar-refractivity contribution in [3.8, 4) is 0 Å². The molecule has 1 aromatic carbocycles. The molecule has 0 aliphatic rings. The summed E-state index contributed by atoms with van der Waals surface area (Å²) in [6.45, 7) is 3.29. The molecule has 14 heavy (non-hydrogen) atoms. The van der Waals surface area contributed by atoms with Gasteiger partial charge in [0.25, 0.3) is 0 Å². The number of carboxylic acid groups (broad SMARTS) is 1. The number of rotatable bonds is 2. The molecule has 0 aliphatic heterocycles. The lowest BCUT2D eigenvalue weighted by Gasteiger charge is -2.12. The van der Waals surface area contributed by atoms with Gasteiger partial charge in [0.15, 0.2) is 0 Å². The summed E-state index contributed by atoms with van der Waals surface area (Å²) in [5.74, 6) is -5.93. The van der Waals surface area contributed by atoms with Gasteiger partial charge in [-0.3, -0.25) is 0 Å². The highest BCUT2D eigenvalue weighted by atomic mass is 19.3. The Labute approximate surface area is 80.2 Å². The highest BCUT2D eigenvalue weighted by Gasteiger charge is 2.41. The lowest BCUT2D eigenvalue weighted by Crippen LogP contribution is -2.25. The number of alkyl halides is 2. The zero-order valence-electron chi connectivity index (χ0n) is 7.84. The minimum atomic E-state index is -3.81. The third-order valence-electron chi connectivity index (χ3n) is 1.85. The average molecular weight is 200 g/mol. The molecule has 0 spiro atoms. The summed E-state index contributed by atoms with van der Waals surface area (Å²) >= 11 is 0. The Kier molecular flexibility index (Phi) is 2.55. The fourth-order valence-electron chi connectivity index (χ4n) is 1.28. The third-order valence-corrected chi connectivity index (χ3v) is 1.85. The number of carboxylic acids is 1. The normalized spacial score (nSPS) is 11.4. The minimum absolute atomic E-state index is 0.470. The number of benzene rings is 1. The quantitative estimate of drug-likeness (QED) is 0.796. The van der Waals surface area contributed by atoms with E-state index < -0.39 is 17.5 Å². The summed E-state index contributed by atoms with van der Waals surface area (Å²) in [5.41, 5.74) is 0.782. The van der Waals surface area contributed by atoms with Crippen LogP contribution in [-0.4, -0.2) is 11.1 Å². The SMILES string of the molecule is Cc1cc(C)cc(C(F)(F)C(=O)O)c1. The van der Waals surface area contributed by atoms with Gasteiger partial charge >= 0.3 is 11.9 Å². The molecular weight excluding hydrogens is 190 g/mol. The van der Waals surface area contributed by atoms with Crippen molar-refractivity contribution in [1.29, 1.82) is 0 Å². The van der Waals surface area contributed by atoms with Crippen LogP contribution in [0.5, 0.6) is 0 Å². The van der Waals surface area contributed by atoms with E-state index in [1.54, 1.807) is 19.9 Å². The molecule has 0 amide bonds. The molecule has 76 valence electrons. The van der Waals surface area contributed by atoms with Crippen LogP contribution in [0.4, 0.5) is 8.78 Å². The molecule has 1 aromatic rings. The lowest BCUT2D eigenvalue weighted by atomic mass is 10.0. The maximum absolute atomic E-state index is 13.0. The molecule has 0 radical (unpaired) electrons. The summed E-state index contributed by atoms with van der Waals surface area (Å²) in [5, 5.41) is 8.33. The summed E-state index contributed by atoms with van der Waals surface area (Å²) in [6, 6.07) is 4.07. The van der Waals surface area contributed by atoms with Crippen LogP contribution in [0.1, 0.15) is 16.7 Å². The van der Waals surface area contributed by atoms with Crippen LogP contribution in [0, 0.1) is 13.8 Å². The number of aliphatic carboxylic acids is 1. The van der Waals surface area contributed by atoms with Crippen molar-refractivity contribution >= 4 is 5.97 Å². The van der Waals surface area contributed by atoms with Crippen LogP contribution in [0.2, 0.25) is 0 Å². The van der Waals surface area contributed by atoms with Gasteiger partial charge in [0.05, 0.1) is 0 Å². The van der Waals surface area contributed by atoms with Crippen molar-refractivity contribution in [2.75, 3.05) is 0 Å². The zero-order valence-corrected chi connectivity index (χ0v) is 7.84. The Hall–Kier alpha value is -1.45. The maximum Gasteiger partial charge on any atom is 0.379 e. The second-order valence-corrected chi connectivity index (χ2v) is 3.26. The van der Waals surface area contributed by atoms with Gasteiger partial charge in [-0.25, -0.2) is 4.79 Å². The Morgan fingerprint density at radius 1 is 1.21 bits per heavy atom. The molecule has 1 N–H and O–H groups in total. The monoisotopic (exact) mass is 200 g/mol. The van der Waals surface area contributed by atoms with Crippen molar-refractivity contribution in [3.05, 3.63) is 34.9 Å². The standard InChI is InChI=1S/C10H10F2O2/c1-6-3-7(2)5-8(4-6)10(11,12)9(13)14/h3-5H,1-2H3,(H,13,14). The van der Waals surface area contributed by atoms with Crippen LogP contribution in [0.25, 0.3) is 0 Å². The summed E-state index contributed by atoms with van der Waals surface area (Å²) in [4.78, 5) is 10.3. The van der Waals surface area contributed by atoms with E-state index in [9.17, 15) is 13.6 Å². The predicted octanol–water partition coefficient (Wildman–Crippen LogP) is 2.48. The number of aryl methyl sites for hydroxylation is 2. The van der Waals surface area contributed by atoms with Crippen molar-refractivity contribution < 1.29 is 18.7 Å². The van der Waals surface area contributed by atoms with Crippen LogP contribution in [0.3, 0.4) is 0 Å². The molecule has 0 aromatic heterocycles. The summed E-state index contributed by atoms with van der Waals surface area (Å²) < 4.78 is 26.1.